The van der Waals surface area contributed by atoms with E-state index in [9.17, 15) is 5.11 Å². The van der Waals surface area contributed by atoms with Crippen LogP contribution in [0.15, 0.2) is 60.7 Å². The first kappa shape index (κ1) is 22.2. The Morgan fingerprint density at radius 1 is 1.00 bits per heavy atom. The Bertz CT molecular complexity index is 702. The minimum atomic E-state index is -2.56. The van der Waals surface area contributed by atoms with Crippen LogP contribution in [0.25, 0.3) is 0 Å². The highest BCUT2D eigenvalue weighted by Crippen LogP contribution is 2.38. The molecule has 0 spiro atoms. The van der Waals surface area contributed by atoms with Gasteiger partial charge in [-0.05, 0) is 27.8 Å². The molecular formula is C25H36O3Si. The summed E-state index contributed by atoms with van der Waals surface area (Å²) in [5.41, 5.74) is 0. The van der Waals surface area contributed by atoms with E-state index < -0.39 is 14.6 Å². The SMILES string of the molecule is CCCC[C@H]1C[C@H](O)O[C@@H]1CO[Si](c1ccccc1)(c1ccccc1)C(C)(C)C. The highest BCUT2D eigenvalue weighted by atomic mass is 28.4. The van der Waals surface area contributed by atoms with Gasteiger partial charge in [0.05, 0.1) is 12.7 Å². The van der Waals surface area contributed by atoms with Crippen molar-refractivity contribution in [3.8, 4) is 0 Å². The third-order valence-corrected chi connectivity index (χ3v) is 11.2. The Kier molecular flexibility index (Phi) is 7.33. The first-order valence-electron chi connectivity index (χ1n) is 11.0. The molecule has 3 rings (SSSR count). The first-order valence-corrected chi connectivity index (χ1v) is 12.9. The second kappa shape index (κ2) is 9.56. The molecule has 0 aromatic heterocycles. The number of benzene rings is 2. The van der Waals surface area contributed by atoms with Crippen molar-refractivity contribution in [2.24, 2.45) is 5.92 Å². The Morgan fingerprint density at radius 2 is 1.55 bits per heavy atom. The molecule has 29 heavy (non-hydrogen) atoms. The number of unbranched alkanes of at least 4 members (excludes halogenated alkanes) is 1. The molecule has 1 aliphatic heterocycles. The number of hydrogen-bond acceptors (Lipinski definition) is 3. The zero-order valence-electron chi connectivity index (χ0n) is 18.3. The van der Waals surface area contributed by atoms with Crippen LogP contribution in [0.3, 0.4) is 0 Å². The van der Waals surface area contributed by atoms with Crippen LogP contribution in [-0.4, -0.2) is 32.4 Å². The zero-order chi connectivity index (χ0) is 20.9. The van der Waals surface area contributed by atoms with Gasteiger partial charge in [0, 0.05) is 6.42 Å². The van der Waals surface area contributed by atoms with Gasteiger partial charge in [0.1, 0.15) is 0 Å². The van der Waals surface area contributed by atoms with Crippen LogP contribution in [0, 0.1) is 5.92 Å². The van der Waals surface area contributed by atoms with Crippen LogP contribution in [0.4, 0.5) is 0 Å². The van der Waals surface area contributed by atoms with Gasteiger partial charge in [0.25, 0.3) is 8.32 Å². The van der Waals surface area contributed by atoms with Gasteiger partial charge >= 0.3 is 0 Å². The lowest BCUT2D eigenvalue weighted by molar-refractivity contribution is -0.102. The molecule has 1 N–H and O–H groups in total. The summed E-state index contributed by atoms with van der Waals surface area (Å²) in [5, 5.41) is 12.6. The molecule has 1 fully saturated rings. The van der Waals surface area contributed by atoms with E-state index in [1.165, 1.54) is 10.4 Å². The third kappa shape index (κ3) is 4.83. The van der Waals surface area contributed by atoms with Crippen molar-refractivity contribution in [3.63, 3.8) is 0 Å². The van der Waals surface area contributed by atoms with Gasteiger partial charge in [-0.2, -0.15) is 0 Å². The molecular weight excluding hydrogens is 376 g/mol. The van der Waals surface area contributed by atoms with Crippen molar-refractivity contribution < 1.29 is 14.3 Å². The number of aliphatic hydroxyl groups is 1. The van der Waals surface area contributed by atoms with E-state index >= 15 is 0 Å². The number of rotatable bonds is 8. The highest BCUT2D eigenvalue weighted by Gasteiger charge is 2.51. The maximum Gasteiger partial charge on any atom is 0.261 e. The minimum absolute atomic E-state index is 0.0433. The van der Waals surface area contributed by atoms with Crippen LogP contribution in [-0.2, 0) is 9.16 Å². The summed E-state index contributed by atoms with van der Waals surface area (Å²) in [6.07, 6.45) is 3.42. The van der Waals surface area contributed by atoms with Gasteiger partial charge in [-0.3, -0.25) is 0 Å². The van der Waals surface area contributed by atoms with Crippen LogP contribution in [0.1, 0.15) is 53.4 Å². The molecule has 0 radical (unpaired) electrons. The molecule has 1 heterocycles. The van der Waals surface area contributed by atoms with Crippen LogP contribution >= 0.6 is 0 Å². The maximum absolute atomic E-state index is 10.1. The summed E-state index contributed by atoms with van der Waals surface area (Å²) in [6.45, 7) is 9.60. The van der Waals surface area contributed by atoms with Crippen molar-refractivity contribution in [2.75, 3.05) is 6.61 Å². The van der Waals surface area contributed by atoms with E-state index in [0.29, 0.717) is 12.5 Å². The van der Waals surface area contributed by atoms with E-state index in [1.54, 1.807) is 0 Å². The molecule has 2 aromatic rings. The maximum atomic E-state index is 10.1. The summed E-state index contributed by atoms with van der Waals surface area (Å²) < 4.78 is 12.9. The van der Waals surface area contributed by atoms with Crippen molar-refractivity contribution in [2.45, 2.75) is 70.8 Å². The van der Waals surface area contributed by atoms with Gasteiger partial charge in [-0.15, -0.1) is 0 Å². The smallest absolute Gasteiger partial charge is 0.261 e. The first-order chi connectivity index (χ1) is 13.9. The molecule has 0 bridgehead atoms. The largest absolute Gasteiger partial charge is 0.405 e. The fourth-order valence-electron chi connectivity index (χ4n) is 4.69. The second-order valence-corrected chi connectivity index (χ2v) is 13.5. The predicted molar refractivity (Wildman–Crippen MR) is 122 cm³/mol. The quantitative estimate of drug-likeness (QED) is 0.650. The van der Waals surface area contributed by atoms with Gasteiger partial charge < -0.3 is 14.3 Å². The summed E-state index contributed by atoms with van der Waals surface area (Å²) >= 11 is 0. The zero-order valence-corrected chi connectivity index (χ0v) is 19.3. The molecule has 0 saturated carbocycles. The highest BCUT2D eigenvalue weighted by molar-refractivity contribution is 6.99. The molecule has 3 nitrogen and oxygen atoms in total. The minimum Gasteiger partial charge on any atom is -0.405 e. The van der Waals surface area contributed by atoms with E-state index in [-0.39, 0.29) is 11.1 Å². The van der Waals surface area contributed by atoms with E-state index in [0.717, 1.165) is 25.7 Å². The number of aliphatic hydroxyl groups excluding tert-OH is 1. The lowest BCUT2D eigenvalue weighted by atomic mass is 9.95. The van der Waals surface area contributed by atoms with Crippen LogP contribution in [0.5, 0.6) is 0 Å². The average Bonchev–Trinajstić information content (AvgIpc) is 3.07. The van der Waals surface area contributed by atoms with Gasteiger partial charge in [-0.1, -0.05) is 101 Å². The van der Waals surface area contributed by atoms with Crippen molar-refractivity contribution in [1.29, 1.82) is 0 Å². The monoisotopic (exact) mass is 412 g/mol. The molecule has 1 saturated heterocycles. The Labute approximate surface area is 177 Å². The second-order valence-electron chi connectivity index (χ2n) is 9.24. The molecule has 0 amide bonds. The van der Waals surface area contributed by atoms with E-state index in [1.807, 2.05) is 0 Å². The molecule has 1 aliphatic rings. The fourth-order valence-corrected chi connectivity index (χ4v) is 9.26. The summed E-state index contributed by atoms with van der Waals surface area (Å²) in [6, 6.07) is 21.4. The van der Waals surface area contributed by atoms with Crippen LogP contribution in [0.2, 0.25) is 5.04 Å². The van der Waals surface area contributed by atoms with Crippen molar-refractivity contribution in [1.82, 2.24) is 0 Å². The lowest BCUT2D eigenvalue weighted by Gasteiger charge is -2.43. The van der Waals surface area contributed by atoms with Gasteiger partial charge in [0.15, 0.2) is 6.29 Å². The molecule has 2 aromatic carbocycles. The predicted octanol–water partition coefficient (Wildman–Crippen LogP) is 4.48. The molecule has 0 unspecified atom stereocenters. The van der Waals surface area contributed by atoms with Crippen molar-refractivity contribution in [3.05, 3.63) is 60.7 Å². The molecule has 4 heteroatoms. The van der Waals surface area contributed by atoms with Crippen molar-refractivity contribution >= 4 is 18.7 Å². The third-order valence-electron chi connectivity index (χ3n) is 6.17. The lowest BCUT2D eigenvalue weighted by Crippen LogP contribution is -2.67. The standard InChI is InChI=1S/C25H36O3Si/c1-5-6-13-20-18-24(26)28-23(20)19-27-29(25(2,3)4,21-14-9-7-10-15-21)22-16-11-8-12-17-22/h7-12,14-17,20,23-24,26H,5-6,13,18-19H2,1-4H3/t20-,23+,24+/m0/s1. The van der Waals surface area contributed by atoms with E-state index in [4.69, 9.17) is 9.16 Å². The molecule has 3 atom stereocenters. The molecule has 0 aliphatic carbocycles. The fraction of sp³-hybridized carbons (Fsp3) is 0.520. The normalized spacial score (nSPS) is 22.7. The number of hydrogen-bond donors (Lipinski definition) is 1. The average molecular weight is 413 g/mol. The Balaban J connectivity index is 1.96. The Morgan fingerprint density at radius 3 is 2.03 bits per heavy atom. The topological polar surface area (TPSA) is 38.7 Å². The molecule has 158 valence electrons. The summed E-state index contributed by atoms with van der Waals surface area (Å²) in [7, 11) is -2.56. The van der Waals surface area contributed by atoms with E-state index in [2.05, 4.69) is 88.4 Å². The van der Waals surface area contributed by atoms with Gasteiger partial charge in [-0.25, -0.2) is 0 Å². The summed E-state index contributed by atoms with van der Waals surface area (Å²) in [5.74, 6) is 0.364. The Hall–Kier alpha value is -1.46. The summed E-state index contributed by atoms with van der Waals surface area (Å²) in [4.78, 5) is 0. The van der Waals surface area contributed by atoms with Crippen LogP contribution < -0.4 is 10.4 Å². The van der Waals surface area contributed by atoms with Gasteiger partial charge in [0.2, 0.25) is 0 Å². The number of ether oxygens (including phenoxy) is 1.